The molecule has 0 radical (unpaired) electrons. The van der Waals surface area contributed by atoms with Crippen LogP contribution in [-0.2, 0) is 11.8 Å². The third-order valence-corrected chi connectivity index (χ3v) is 4.38. The third-order valence-electron chi connectivity index (χ3n) is 3.17. The van der Waals surface area contributed by atoms with Crippen LogP contribution in [0.15, 0.2) is 18.2 Å². The van der Waals surface area contributed by atoms with Gasteiger partial charge in [0.2, 0.25) is 0 Å². The molecule has 0 fully saturated rings. The monoisotopic (exact) mass is 328 g/mol. The maximum Gasteiger partial charge on any atom is 0.123 e. The average Bonchev–Trinajstić information content (AvgIpc) is 2.89. The summed E-state index contributed by atoms with van der Waals surface area (Å²) in [5.41, 5.74) is 4.22. The zero-order valence-corrected chi connectivity index (χ0v) is 13.7. The molecule has 0 saturated heterocycles. The third kappa shape index (κ3) is 3.77. The van der Waals surface area contributed by atoms with Crippen molar-refractivity contribution in [3.05, 3.63) is 45.2 Å². The number of nitrogens with zero attached hydrogens (tertiary/aromatic N) is 2. The molecule has 3 N–H and O–H groups in total. The van der Waals surface area contributed by atoms with E-state index in [0.29, 0.717) is 17.0 Å². The van der Waals surface area contributed by atoms with Gasteiger partial charge in [0.1, 0.15) is 5.82 Å². The van der Waals surface area contributed by atoms with Gasteiger partial charge in [-0.25, -0.2) is 4.39 Å². The minimum absolute atomic E-state index is 0.136. The van der Waals surface area contributed by atoms with E-state index in [1.54, 1.807) is 6.07 Å². The molecule has 1 aromatic carbocycles. The van der Waals surface area contributed by atoms with Gasteiger partial charge in [-0.1, -0.05) is 36.9 Å². The number of nitrogens with one attached hydrogen (secondary N) is 1. The van der Waals surface area contributed by atoms with Crippen LogP contribution >= 0.6 is 23.1 Å². The molecule has 0 spiro atoms. The SMILES string of the molecule is CC(C)(C)c1nnsc1C(Cc1cc(F)ccc1Cl)NN. The van der Waals surface area contributed by atoms with Crippen LogP contribution in [0.25, 0.3) is 0 Å². The predicted octanol–water partition coefficient (Wildman–Crippen LogP) is 3.38. The number of hydrogen-bond acceptors (Lipinski definition) is 5. The van der Waals surface area contributed by atoms with Crippen LogP contribution in [0.1, 0.15) is 42.9 Å². The molecule has 7 heteroatoms. The Morgan fingerprint density at radius 2 is 2.14 bits per heavy atom. The molecular formula is C14H18ClFN4S. The first-order valence-corrected chi connectivity index (χ1v) is 7.71. The van der Waals surface area contributed by atoms with Crippen LogP contribution < -0.4 is 11.3 Å². The summed E-state index contributed by atoms with van der Waals surface area (Å²) in [6.45, 7) is 6.20. The van der Waals surface area contributed by atoms with Crippen LogP contribution in [0.5, 0.6) is 0 Å². The Balaban J connectivity index is 2.33. The maximum atomic E-state index is 13.4. The fourth-order valence-corrected chi connectivity index (χ4v) is 3.21. The van der Waals surface area contributed by atoms with E-state index in [0.717, 1.165) is 10.6 Å². The van der Waals surface area contributed by atoms with E-state index in [1.165, 1.54) is 23.7 Å². The van der Waals surface area contributed by atoms with E-state index >= 15 is 0 Å². The minimum atomic E-state index is -0.316. The van der Waals surface area contributed by atoms with Crippen molar-refractivity contribution in [3.8, 4) is 0 Å². The van der Waals surface area contributed by atoms with Gasteiger partial charge in [-0.2, -0.15) is 0 Å². The quantitative estimate of drug-likeness (QED) is 0.667. The molecule has 1 heterocycles. The summed E-state index contributed by atoms with van der Waals surface area (Å²) in [4.78, 5) is 0.949. The fraction of sp³-hybridized carbons (Fsp3) is 0.429. The lowest BCUT2D eigenvalue weighted by atomic mass is 9.89. The standard InChI is InChI=1S/C14H18ClFN4S/c1-14(2,3)13-12(21-20-19-13)11(18-17)7-8-6-9(16)4-5-10(8)15/h4-6,11,18H,7,17H2,1-3H3. The Kier molecular flexibility index (Phi) is 4.93. The largest absolute Gasteiger partial charge is 0.271 e. The van der Waals surface area contributed by atoms with Crippen molar-refractivity contribution in [1.29, 1.82) is 0 Å². The summed E-state index contributed by atoms with van der Waals surface area (Å²) in [6, 6.07) is 4.11. The lowest BCUT2D eigenvalue weighted by molar-refractivity contribution is 0.514. The molecule has 1 aromatic heterocycles. The van der Waals surface area contributed by atoms with Gasteiger partial charge in [0.15, 0.2) is 0 Å². The highest BCUT2D eigenvalue weighted by molar-refractivity contribution is 7.05. The highest BCUT2D eigenvalue weighted by Crippen LogP contribution is 2.32. The van der Waals surface area contributed by atoms with E-state index in [1.807, 2.05) is 0 Å². The number of aromatic nitrogens is 2. The van der Waals surface area contributed by atoms with Crippen molar-refractivity contribution >= 4 is 23.1 Å². The first-order chi connectivity index (χ1) is 9.82. The Hall–Kier alpha value is -1.08. The molecule has 0 aliphatic rings. The molecule has 0 aliphatic carbocycles. The molecule has 0 aliphatic heterocycles. The highest BCUT2D eigenvalue weighted by Gasteiger charge is 2.27. The maximum absolute atomic E-state index is 13.4. The Morgan fingerprint density at radius 1 is 1.43 bits per heavy atom. The molecule has 2 aromatic rings. The molecule has 0 bridgehead atoms. The number of rotatable bonds is 4. The van der Waals surface area contributed by atoms with Gasteiger partial charge in [-0.15, -0.1) is 5.10 Å². The summed E-state index contributed by atoms with van der Waals surface area (Å²) in [6.07, 6.45) is 0.472. The van der Waals surface area contributed by atoms with E-state index in [2.05, 4.69) is 35.8 Å². The van der Waals surface area contributed by atoms with Gasteiger partial charge in [-0.05, 0) is 41.7 Å². The minimum Gasteiger partial charge on any atom is -0.271 e. The van der Waals surface area contributed by atoms with Crippen molar-refractivity contribution in [1.82, 2.24) is 15.0 Å². The second kappa shape index (κ2) is 6.36. The van der Waals surface area contributed by atoms with Crippen molar-refractivity contribution in [2.45, 2.75) is 38.6 Å². The van der Waals surface area contributed by atoms with Gasteiger partial charge in [0.25, 0.3) is 0 Å². The predicted molar refractivity (Wildman–Crippen MR) is 83.8 cm³/mol. The van der Waals surface area contributed by atoms with Crippen LogP contribution in [0.2, 0.25) is 5.02 Å². The number of benzene rings is 1. The summed E-state index contributed by atoms with van der Waals surface area (Å²) >= 11 is 7.42. The molecule has 2 rings (SSSR count). The smallest absolute Gasteiger partial charge is 0.123 e. The van der Waals surface area contributed by atoms with E-state index < -0.39 is 0 Å². The molecule has 114 valence electrons. The normalized spacial score (nSPS) is 13.4. The van der Waals surface area contributed by atoms with Crippen LogP contribution in [0.3, 0.4) is 0 Å². The van der Waals surface area contributed by atoms with Gasteiger partial charge >= 0.3 is 0 Å². The molecule has 1 unspecified atom stereocenters. The number of nitrogens with two attached hydrogens (primary N) is 1. The first kappa shape index (κ1) is 16.3. The van der Waals surface area contributed by atoms with Crippen LogP contribution in [0.4, 0.5) is 4.39 Å². The van der Waals surface area contributed by atoms with Crippen LogP contribution in [0, 0.1) is 5.82 Å². The Morgan fingerprint density at radius 3 is 2.76 bits per heavy atom. The second-order valence-corrected chi connectivity index (χ2v) is 7.09. The summed E-state index contributed by atoms with van der Waals surface area (Å²) < 4.78 is 17.4. The lowest BCUT2D eigenvalue weighted by Gasteiger charge is -2.21. The van der Waals surface area contributed by atoms with Gasteiger partial charge in [0.05, 0.1) is 16.6 Å². The van der Waals surface area contributed by atoms with Crippen LogP contribution in [-0.4, -0.2) is 9.59 Å². The Labute approximate surface area is 132 Å². The molecular weight excluding hydrogens is 311 g/mol. The molecule has 21 heavy (non-hydrogen) atoms. The number of hydrazine groups is 1. The van der Waals surface area contributed by atoms with Crippen molar-refractivity contribution in [3.63, 3.8) is 0 Å². The second-order valence-electron chi connectivity index (χ2n) is 5.89. The summed E-state index contributed by atoms with van der Waals surface area (Å²) in [5.74, 6) is 5.36. The summed E-state index contributed by atoms with van der Waals surface area (Å²) in [5, 5.41) is 4.72. The van der Waals surface area contributed by atoms with E-state index in [4.69, 9.17) is 17.4 Å². The lowest BCUT2D eigenvalue weighted by Crippen LogP contribution is -2.31. The van der Waals surface area contributed by atoms with Gasteiger partial charge in [-0.3, -0.25) is 11.3 Å². The fourth-order valence-electron chi connectivity index (χ4n) is 2.09. The zero-order valence-electron chi connectivity index (χ0n) is 12.2. The molecule has 0 saturated carbocycles. The highest BCUT2D eigenvalue weighted by atomic mass is 35.5. The van der Waals surface area contributed by atoms with Crippen molar-refractivity contribution in [2.75, 3.05) is 0 Å². The molecule has 0 amide bonds. The van der Waals surface area contributed by atoms with Gasteiger partial charge < -0.3 is 0 Å². The summed E-state index contributed by atoms with van der Waals surface area (Å²) in [7, 11) is 0. The van der Waals surface area contributed by atoms with Crippen molar-refractivity contribution < 1.29 is 4.39 Å². The topological polar surface area (TPSA) is 63.8 Å². The Bertz CT molecular complexity index is 624. The molecule has 1 atom stereocenters. The zero-order chi connectivity index (χ0) is 15.6. The van der Waals surface area contributed by atoms with E-state index in [9.17, 15) is 4.39 Å². The van der Waals surface area contributed by atoms with Gasteiger partial charge in [0, 0.05) is 10.4 Å². The average molecular weight is 329 g/mol. The number of hydrogen-bond donors (Lipinski definition) is 2. The molecule has 4 nitrogen and oxygen atoms in total. The number of halogens is 2. The van der Waals surface area contributed by atoms with Crippen molar-refractivity contribution in [2.24, 2.45) is 5.84 Å². The first-order valence-electron chi connectivity index (χ1n) is 6.55. The van der Waals surface area contributed by atoms with E-state index in [-0.39, 0.29) is 17.3 Å².